The number of rotatable bonds is 7. The Labute approximate surface area is 239 Å². The molecule has 0 bridgehead atoms. The first kappa shape index (κ1) is 27.6. The lowest BCUT2D eigenvalue weighted by molar-refractivity contribution is -0.137. The summed E-state index contributed by atoms with van der Waals surface area (Å²) in [6.07, 6.45) is 2.34. The predicted octanol–water partition coefficient (Wildman–Crippen LogP) is 7.00. The summed E-state index contributed by atoms with van der Waals surface area (Å²) in [4.78, 5) is 23.7. The second-order valence-electron chi connectivity index (χ2n) is 10.4. The van der Waals surface area contributed by atoms with Gasteiger partial charge in [0.05, 0.1) is 29.6 Å². The summed E-state index contributed by atoms with van der Waals surface area (Å²) in [5.41, 5.74) is 3.43. The maximum Gasteiger partial charge on any atom is 0.416 e. The first-order chi connectivity index (χ1) is 20.2. The molecule has 1 aliphatic heterocycles. The van der Waals surface area contributed by atoms with Crippen LogP contribution < -0.4 is 5.32 Å². The molecule has 1 saturated heterocycles. The van der Waals surface area contributed by atoms with Crippen LogP contribution in [-0.2, 0) is 23.9 Å². The standard InChI is InChI=1S/C32H27F4N5O/c33-27-15-24(29-19-38-30-16-23(8-12-41(29)30)28-5-1-2-9-37-28)7-6-22(27)17-31(42)39-26-14-21(20-40-10-3-4-11-40)13-25(18-26)32(34,35)36/h1-2,5-9,12-16,18-19H,3-4,10-11,17,20H2,(H,39,42). The van der Waals surface area contributed by atoms with E-state index in [-0.39, 0.29) is 17.7 Å². The van der Waals surface area contributed by atoms with Gasteiger partial charge >= 0.3 is 6.18 Å². The van der Waals surface area contributed by atoms with Crippen molar-refractivity contribution >= 4 is 17.2 Å². The fraction of sp³-hybridized carbons (Fsp3) is 0.219. The molecule has 0 aliphatic carbocycles. The van der Waals surface area contributed by atoms with Crippen LogP contribution in [0.1, 0.15) is 29.5 Å². The number of alkyl halides is 3. The number of carbonyl (C=O) groups is 1. The van der Waals surface area contributed by atoms with Gasteiger partial charge in [0.1, 0.15) is 11.5 Å². The quantitative estimate of drug-likeness (QED) is 0.213. The molecule has 0 spiro atoms. The number of aromatic nitrogens is 3. The van der Waals surface area contributed by atoms with Gasteiger partial charge in [0.15, 0.2) is 0 Å². The van der Waals surface area contributed by atoms with Crippen LogP contribution in [0.15, 0.2) is 85.3 Å². The molecule has 214 valence electrons. The summed E-state index contributed by atoms with van der Waals surface area (Å²) in [5.74, 6) is -1.20. The Morgan fingerprint density at radius 1 is 0.929 bits per heavy atom. The van der Waals surface area contributed by atoms with Gasteiger partial charge in [-0.2, -0.15) is 13.2 Å². The summed E-state index contributed by atoms with van der Waals surface area (Å²) in [6.45, 7) is 2.03. The Morgan fingerprint density at radius 2 is 1.76 bits per heavy atom. The number of hydrogen-bond donors (Lipinski definition) is 1. The van der Waals surface area contributed by atoms with Crippen LogP contribution in [0.4, 0.5) is 23.2 Å². The van der Waals surface area contributed by atoms with Gasteiger partial charge in [-0.15, -0.1) is 0 Å². The lowest BCUT2D eigenvalue weighted by atomic mass is 10.1. The van der Waals surface area contributed by atoms with Gasteiger partial charge < -0.3 is 5.32 Å². The number of halogens is 4. The number of benzene rings is 2. The van der Waals surface area contributed by atoms with Crippen LogP contribution in [0.2, 0.25) is 0 Å². The smallest absolute Gasteiger partial charge is 0.326 e. The van der Waals surface area contributed by atoms with Crippen molar-refractivity contribution in [1.29, 1.82) is 0 Å². The Kier molecular flexibility index (Phi) is 7.47. The largest absolute Gasteiger partial charge is 0.416 e. The van der Waals surface area contributed by atoms with Crippen molar-refractivity contribution in [3.8, 4) is 22.5 Å². The molecular weight excluding hydrogens is 546 g/mol. The summed E-state index contributed by atoms with van der Waals surface area (Å²) < 4.78 is 57.7. The molecule has 1 aliphatic rings. The van der Waals surface area contributed by atoms with Crippen LogP contribution in [0, 0.1) is 5.82 Å². The number of fused-ring (bicyclic) bond motifs is 1. The highest BCUT2D eigenvalue weighted by Crippen LogP contribution is 2.33. The van der Waals surface area contributed by atoms with Crippen LogP contribution in [0.5, 0.6) is 0 Å². The molecule has 42 heavy (non-hydrogen) atoms. The minimum absolute atomic E-state index is 0.0388. The summed E-state index contributed by atoms with van der Waals surface area (Å²) in [7, 11) is 0. The van der Waals surface area contributed by atoms with E-state index >= 15 is 4.39 Å². The van der Waals surface area contributed by atoms with E-state index in [1.807, 2.05) is 40.9 Å². The Bertz CT molecular complexity index is 1740. The highest BCUT2D eigenvalue weighted by atomic mass is 19.4. The molecule has 4 heterocycles. The van der Waals surface area contributed by atoms with Gasteiger partial charge in [0.25, 0.3) is 0 Å². The second-order valence-corrected chi connectivity index (χ2v) is 10.4. The SMILES string of the molecule is O=C(Cc1ccc(-c2cnc3cc(-c4ccccn4)ccn23)cc1F)Nc1cc(CN2CCCC2)cc(C(F)(F)F)c1. The number of nitrogens with one attached hydrogen (secondary N) is 1. The zero-order valence-corrected chi connectivity index (χ0v) is 22.5. The zero-order valence-electron chi connectivity index (χ0n) is 22.5. The van der Waals surface area contributed by atoms with E-state index < -0.39 is 23.5 Å². The topological polar surface area (TPSA) is 62.5 Å². The molecule has 1 amide bonds. The highest BCUT2D eigenvalue weighted by Gasteiger charge is 2.31. The van der Waals surface area contributed by atoms with Crippen LogP contribution in [0.3, 0.4) is 0 Å². The van der Waals surface area contributed by atoms with E-state index in [2.05, 4.69) is 20.2 Å². The van der Waals surface area contributed by atoms with E-state index in [9.17, 15) is 18.0 Å². The van der Waals surface area contributed by atoms with Crippen molar-refractivity contribution in [3.05, 3.63) is 108 Å². The Balaban J connectivity index is 1.18. The zero-order chi connectivity index (χ0) is 29.3. The van der Waals surface area contributed by atoms with Crippen molar-refractivity contribution in [3.63, 3.8) is 0 Å². The molecule has 6 nitrogen and oxygen atoms in total. The molecule has 2 aromatic carbocycles. The number of hydrogen-bond acceptors (Lipinski definition) is 4. The molecule has 3 aromatic heterocycles. The molecular formula is C32H27F4N5O. The minimum atomic E-state index is -4.56. The summed E-state index contributed by atoms with van der Waals surface area (Å²) in [6, 6.07) is 17.6. The molecule has 0 unspecified atom stereocenters. The fourth-order valence-corrected chi connectivity index (χ4v) is 5.33. The van der Waals surface area contributed by atoms with Gasteiger partial charge in [-0.25, -0.2) is 9.37 Å². The molecule has 5 aromatic rings. The first-order valence-corrected chi connectivity index (χ1v) is 13.6. The maximum atomic E-state index is 15.2. The van der Waals surface area contributed by atoms with E-state index in [1.54, 1.807) is 24.5 Å². The van der Waals surface area contributed by atoms with Gasteiger partial charge in [-0.3, -0.25) is 19.1 Å². The number of amides is 1. The lowest BCUT2D eigenvalue weighted by Gasteiger charge is -2.18. The number of carbonyl (C=O) groups excluding carboxylic acids is 1. The molecule has 1 N–H and O–H groups in total. The van der Waals surface area contributed by atoms with Gasteiger partial charge in [-0.05, 0) is 85.6 Å². The van der Waals surface area contributed by atoms with Crippen molar-refractivity contribution < 1.29 is 22.4 Å². The first-order valence-electron chi connectivity index (χ1n) is 13.6. The molecule has 0 atom stereocenters. The number of anilines is 1. The molecule has 6 rings (SSSR count). The summed E-state index contributed by atoms with van der Waals surface area (Å²) in [5, 5.41) is 2.54. The fourth-order valence-electron chi connectivity index (χ4n) is 5.33. The van der Waals surface area contributed by atoms with Gasteiger partial charge in [0, 0.05) is 35.8 Å². The van der Waals surface area contributed by atoms with Crippen molar-refractivity contribution in [1.82, 2.24) is 19.3 Å². The van der Waals surface area contributed by atoms with Crippen LogP contribution in [0.25, 0.3) is 28.2 Å². The van der Waals surface area contributed by atoms with Gasteiger partial charge in [0.2, 0.25) is 5.91 Å². The van der Waals surface area contributed by atoms with Crippen molar-refractivity contribution in [2.24, 2.45) is 0 Å². The Morgan fingerprint density at radius 3 is 2.50 bits per heavy atom. The van der Waals surface area contributed by atoms with Gasteiger partial charge in [-0.1, -0.05) is 18.2 Å². The average molecular weight is 574 g/mol. The van der Waals surface area contributed by atoms with Crippen molar-refractivity contribution in [2.45, 2.75) is 32.0 Å². The number of imidazole rings is 1. The summed E-state index contributed by atoms with van der Waals surface area (Å²) >= 11 is 0. The van der Waals surface area contributed by atoms with Crippen LogP contribution >= 0.6 is 0 Å². The van der Waals surface area contributed by atoms with E-state index in [1.165, 1.54) is 12.1 Å². The van der Waals surface area contributed by atoms with E-state index in [0.29, 0.717) is 29.0 Å². The molecule has 0 saturated carbocycles. The van der Waals surface area contributed by atoms with E-state index in [0.717, 1.165) is 49.3 Å². The minimum Gasteiger partial charge on any atom is -0.326 e. The lowest BCUT2D eigenvalue weighted by Crippen LogP contribution is -2.20. The Hall–Kier alpha value is -4.57. The van der Waals surface area contributed by atoms with Crippen LogP contribution in [-0.4, -0.2) is 38.3 Å². The average Bonchev–Trinajstić information content (AvgIpc) is 3.64. The van der Waals surface area contributed by atoms with Crippen molar-refractivity contribution in [2.75, 3.05) is 18.4 Å². The normalized spacial score (nSPS) is 14.0. The second kappa shape index (κ2) is 11.4. The van der Waals surface area contributed by atoms with E-state index in [4.69, 9.17) is 0 Å². The third-order valence-electron chi connectivity index (χ3n) is 7.38. The molecule has 1 fully saturated rings. The third kappa shape index (κ3) is 6.03. The predicted molar refractivity (Wildman–Crippen MR) is 152 cm³/mol. The molecule has 0 radical (unpaired) electrons. The number of nitrogens with zero attached hydrogens (tertiary/aromatic N) is 4. The monoisotopic (exact) mass is 573 g/mol. The number of likely N-dealkylation sites (tertiary alicyclic amines) is 1. The number of pyridine rings is 2. The maximum absolute atomic E-state index is 15.2. The third-order valence-corrected chi connectivity index (χ3v) is 7.38. The molecule has 10 heteroatoms. The highest BCUT2D eigenvalue weighted by molar-refractivity contribution is 5.92.